The molecule has 2 atom stereocenters. The molecule has 1 N–H and O–H groups in total. The highest BCUT2D eigenvalue weighted by Gasteiger charge is 2.59. The molecule has 2 aliphatic rings. The van der Waals surface area contributed by atoms with Gasteiger partial charge in [0.15, 0.2) is 0 Å². The summed E-state index contributed by atoms with van der Waals surface area (Å²) in [6, 6.07) is 2.68. The number of carbonyl (C=O) groups is 1. The number of methoxy groups -OCH3 is 1. The third-order valence-electron chi connectivity index (χ3n) is 6.83. The Morgan fingerprint density at radius 2 is 2.03 bits per heavy atom. The van der Waals surface area contributed by atoms with Gasteiger partial charge in [-0.05, 0) is 86.7 Å². The highest BCUT2D eigenvalue weighted by atomic mass is 127. The molecule has 0 spiro atoms. The number of rotatable bonds is 6. The predicted octanol–water partition coefficient (Wildman–Crippen LogP) is 4.20. The zero-order chi connectivity index (χ0) is 24.8. The Morgan fingerprint density at radius 1 is 1.39 bits per heavy atom. The molecule has 1 saturated carbocycles. The molecule has 0 radical (unpaired) electrons. The third kappa shape index (κ3) is 4.78. The van der Waals surface area contributed by atoms with Crippen LogP contribution in [-0.2, 0) is 31.5 Å². The van der Waals surface area contributed by atoms with Crippen LogP contribution in [0.5, 0.6) is 0 Å². The summed E-state index contributed by atoms with van der Waals surface area (Å²) in [6.07, 6.45) is 4.65. The van der Waals surface area contributed by atoms with Crippen molar-refractivity contribution < 1.29 is 27.4 Å². The zero-order valence-electron chi connectivity index (χ0n) is 19.4. The van der Waals surface area contributed by atoms with E-state index in [0.29, 0.717) is 22.0 Å². The molecule has 1 aliphatic carbocycles. The molecule has 33 heavy (non-hydrogen) atoms. The lowest BCUT2D eigenvalue weighted by Crippen LogP contribution is -2.58. The first-order valence-electron chi connectivity index (χ1n) is 10.9. The Morgan fingerprint density at radius 3 is 2.58 bits per heavy atom. The van der Waals surface area contributed by atoms with E-state index in [0.717, 1.165) is 5.57 Å². The molecule has 2 fully saturated rings. The van der Waals surface area contributed by atoms with Gasteiger partial charge in [0.25, 0.3) is 0 Å². The number of hydrogen-bond acceptors (Lipinski definition) is 5. The number of aliphatic hydroxyl groups is 1. The van der Waals surface area contributed by atoms with E-state index >= 15 is 4.39 Å². The second-order valence-electron chi connectivity index (χ2n) is 9.50. The number of allylic oxidation sites excluding steroid dienone is 2. The van der Waals surface area contributed by atoms with Crippen LogP contribution in [0.3, 0.4) is 0 Å². The predicted molar refractivity (Wildman–Crippen MR) is 134 cm³/mol. The Balaban J connectivity index is 1.97. The van der Waals surface area contributed by atoms with Gasteiger partial charge in [-0.1, -0.05) is 24.3 Å². The molecule has 0 unspecified atom stereocenters. The molecular weight excluding hydrogens is 560 g/mol. The average Bonchev–Trinajstić information content (AvgIpc) is 2.70. The van der Waals surface area contributed by atoms with E-state index in [4.69, 9.17) is 4.74 Å². The second-order valence-corrected chi connectivity index (χ2v) is 12.7. The Kier molecular flexibility index (Phi) is 7.49. The second kappa shape index (κ2) is 9.39. The number of nitrogens with zero attached hydrogens (tertiary/aromatic N) is 1. The number of halogens is 2. The summed E-state index contributed by atoms with van der Waals surface area (Å²) < 4.78 is 49.2. The lowest BCUT2D eigenvalue weighted by atomic mass is 9.56. The summed E-state index contributed by atoms with van der Waals surface area (Å²) in [6.45, 7) is 8.95. The van der Waals surface area contributed by atoms with Gasteiger partial charge in [0.1, 0.15) is 11.2 Å². The SMILES string of the molecule is C=C/C=C(\C)[C@H]1CC[C@H](C)N(Cc2cc(F)c([C@]3(C(=O)OC)C[C@@](C)(O)C3)cc2I)S1(=O)=O. The van der Waals surface area contributed by atoms with Gasteiger partial charge in [0.2, 0.25) is 10.0 Å². The van der Waals surface area contributed by atoms with Crippen molar-refractivity contribution in [3.8, 4) is 0 Å². The van der Waals surface area contributed by atoms with E-state index < -0.39 is 38.1 Å². The maximum atomic E-state index is 15.4. The summed E-state index contributed by atoms with van der Waals surface area (Å²) in [7, 11) is -2.40. The van der Waals surface area contributed by atoms with Crippen LogP contribution in [0, 0.1) is 9.39 Å². The normalized spacial score (nSPS) is 32.2. The molecule has 1 aromatic carbocycles. The lowest BCUT2D eigenvalue weighted by Gasteiger charge is -2.49. The van der Waals surface area contributed by atoms with Crippen LogP contribution in [-0.4, -0.2) is 47.8 Å². The van der Waals surface area contributed by atoms with Crippen LogP contribution < -0.4 is 0 Å². The maximum absolute atomic E-state index is 15.4. The Hall–Kier alpha value is -1.30. The van der Waals surface area contributed by atoms with Crippen LogP contribution in [0.15, 0.2) is 36.4 Å². The van der Waals surface area contributed by atoms with Crippen LogP contribution in [0.2, 0.25) is 0 Å². The van der Waals surface area contributed by atoms with Crippen LogP contribution in [0.4, 0.5) is 4.39 Å². The first-order valence-corrected chi connectivity index (χ1v) is 13.5. The number of sulfonamides is 1. The number of carbonyl (C=O) groups excluding carboxylic acids is 1. The summed E-state index contributed by atoms with van der Waals surface area (Å²) >= 11 is 2.05. The van der Waals surface area contributed by atoms with Crippen molar-refractivity contribution in [2.45, 2.75) is 75.3 Å². The van der Waals surface area contributed by atoms with Gasteiger partial charge < -0.3 is 9.84 Å². The fraction of sp³-hybridized carbons (Fsp3) is 0.542. The fourth-order valence-corrected chi connectivity index (χ4v) is 8.11. The topological polar surface area (TPSA) is 83.9 Å². The first kappa shape index (κ1) is 26.3. The van der Waals surface area contributed by atoms with Crippen molar-refractivity contribution in [3.63, 3.8) is 0 Å². The molecule has 1 aromatic rings. The maximum Gasteiger partial charge on any atom is 0.316 e. The van der Waals surface area contributed by atoms with E-state index in [-0.39, 0.29) is 31.0 Å². The summed E-state index contributed by atoms with van der Waals surface area (Å²) in [4.78, 5) is 12.5. The number of esters is 1. The van der Waals surface area contributed by atoms with Crippen molar-refractivity contribution in [1.29, 1.82) is 0 Å². The molecule has 0 amide bonds. The molecule has 1 aliphatic heterocycles. The lowest BCUT2D eigenvalue weighted by molar-refractivity contribution is -0.166. The van der Waals surface area contributed by atoms with Gasteiger partial charge in [-0.3, -0.25) is 4.79 Å². The van der Waals surface area contributed by atoms with Crippen molar-refractivity contribution >= 4 is 38.6 Å². The van der Waals surface area contributed by atoms with Gasteiger partial charge in [-0.25, -0.2) is 12.8 Å². The minimum Gasteiger partial charge on any atom is -0.468 e. The minimum absolute atomic E-state index is 0.0415. The van der Waals surface area contributed by atoms with Crippen molar-refractivity contribution in [2.75, 3.05) is 7.11 Å². The van der Waals surface area contributed by atoms with Crippen molar-refractivity contribution in [2.24, 2.45) is 0 Å². The Labute approximate surface area is 209 Å². The van der Waals surface area contributed by atoms with Crippen LogP contribution in [0.1, 0.15) is 57.6 Å². The number of benzene rings is 1. The highest BCUT2D eigenvalue weighted by Crippen LogP contribution is 2.52. The third-order valence-corrected chi connectivity index (χ3v) is 10.3. The molecule has 1 saturated heterocycles. The first-order chi connectivity index (χ1) is 15.3. The monoisotopic (exact) mass is 591 g/mol. The fourth-order valence-electron chi connectivity index (χ4n) is 5.23. The van der Waals surface area contributed by atoms with Crippen molar-refractivity contribution in [1.82, 2.24) is 4.31 Å². The number of hydrogen-bond donors (Lipinski definition) is 1. The van der Waals surface area contributed by atoms with E-state index in [1.165, 1.54) is 17.5 Å². The highest BCUT2D eigenvalue weighted by molar-refractivity contribution is 14.1. The molecule has 0 aromatic heterocycles. The van der Waals surface area contributed by atoms with E-state index in [9.17, 15) is 18.3 Å². The quantitative estimate of drug-likeness (QED) is 0.305. The average molecular weight is 591 g/mol. The minimum atomic E-state index is -3.64. The number of ether oxygens (including phenoxy) is 1. The summed E-state index contributed by atoms with van der Waals surface area (Å²) in [5, 5.41) is 9.63. The van der Waals surface area contributed by atoms with Crippen LogP contribution >= 0.6 is 22.6 Å². The van der Waals surface area contributed by atoms with Gasteiger partial charge in [0.05, 0.1) is 18.0 Å². The molecule has 0 bridgehead atoms. The van der Waals surface area contributed by atoms with Gasteiger partial charge in [-0.2, -0.15) is 4.31 Å². The van der Waals surface area contributed by atoms with Gasteiger partial charge in [-0.15, -0.1) is 0 Å². The van der Waals surface area contributed by atoms with Crippen LogP contribution in [0.25, 0.3) is 0 Å². The molecular formula is C24H31FINO5S. The largest absolute Gasteiger partial charge is 0.468 e. The molecule has 3 rings (SSSR count). The molecule has 1 heterocycles. The summed E-state index contributed by atoms with van der Waals surface area (Å²) in [5.74, 6) is -1.19. The van der Waals surface area contributed by atoms with E-state index in [1.54, 1.807) is 32.1 Å². The van der Waals surface area contributed by atoms with Crippen molar-refractivity contribution in [3.05, 3.63) is 57.0 Å². The molecule has 6 nitrogen and oxygen atoms in total. The smallest absolute Gasteiger partial charge is 0.316 e. The Bertz CT molecular complexity index is 1090. The summed E-state index contributed by atoms with van der Waals surface area (Å²) in [5.41, 5.74) is -0.887. The van der Waals surface area contributed by atoms with Gasteiger partial charge in [0, 0.05) is 21.7 Å². The van der Waals surface area contributed by atoms with E-state index in [2.05, 4.69) is 6.58 Å². The zero-order valence-corrected chi connectivity index (χ0v) is 22.4. The van der Waals surface area contributed by atoms with E-state index in [1.807, 2.05) is 29.5 Å². The molecule has 182 valence electrons. The molecule has 9 heteroatoms. The standard InChI is InChI=1S/C24H31FINO5S/c1-6-7-15(2)21-9-8-16(3)27(33(21,30)31)12-17-10-19(25)18(11-20(17)26)24(22(28)32-5)13-23(4,29)14-24/h6-7,10-11,16,21,29H,1,8-9,12-14H2,2-5H3/b15-7+/t16-,21+,23-,24+/m0/s1. The van der Waals surface area contributed by atoms with Gasteiger partial charge >= 0.3 is 5.97 Å².